The highest BCUT2D eigenvalue weighted by molar-refractivity contribution is 6.42. The van der Waals surface area contributed by atoms with Crippen molar-refractivity contribution in [2.24, 2.45) is 0 Å². The molecule has 0 unspecified atom stereocenters. The van der Waals surface area contributed by atoms with Crippen molar-refractivity contribution in [1.29, 1.82) is 0 Å². The van der Waals surface area contributed by atoms with Gasteiger partial charge in [-0.3, -0.25) is 10.1 Å². The molecule has 1 saturated heterocycles. The molecular formula is C12H14Cl2N2O3. The van der Waals surface area contributed by atoms with Crippen molar-refractivity contribution in [3.63, 3.8) is 0 Å². The standard InChI is InChI=1S/C12H14Cl2N2O3/c1-2-3-12(17)6-15(7-12)10-4-8(13)9(14)5-11(10)16(18)19/h4-5,17H,2-3,6-7H2,1H3. The lowest BCUT2D eigenvalue weighted by Gasteiger charge is -2.47. The predicted molar refractivity (Wildman–Crippen MR) is 75.2 cm³/mol. The van der Waals surface area contributed by atoms with E-state index in [4.69, 9.17) is 23.2 Å². The van der Waals surface area contributed by atoms with Crippen molar-refractivity contribution in [3.05, 3.63) is 32.3 Å². The Bertz CT molecular complexity index is 516. The number of anilines is 1. The molecule has 0 spiro atoms. The maximum atomic E-state index is 11.0. The fourth-order valence-corrected chi connectivity index (χ4v) is 2.70. The van der Waals surface area contributed by atoms with Crippen LogP contribution in [0.5, 0.6) is 0 Å². The zero-order valence-electron chi connectivity index (χ0n) is 10.4. The van der Waals surface area contributed by atoms with Crippen molar-refractivity contribution >= 4 is 34.6 Å². The Morgan fingerprint density at radius 3 is 2.53 bits per heavy atom. The number of benzene rings is 1. The molecule has 7 heteroatoms. The Balaban J connectivity index is 2.27. The Hall–Kier alpha value is -1.04. The van der Waals surface area contributed by atoms with Crippen molar-refractivity contribution in [3.8, 4) is 0 Å². The summed E-state index contributed by atoms with van der Waals surface area (Å²) < 4.78 is 0. The lowest BCUT2D eigenvalue weighted by Crippen LogP contribution is -2.62. The van der Waals surface area contributed by atoms with E-state index in [0.717, 1.165) is 6.42 Å². The molecule has 2 rings (SSSR count). The molecule has 1 aromatic rings. The molecule has 0 bridgehead atoms. The molecule has 0 saturated carbocycles. The fraction of sp³-hybridized carbons (Fsp3) is 0.500. The van der Waals surface area contributed by atoms with E-state index in [-0.39, 0.29) is 15.7 Å². The minimum atomic E-state index is -0.755. The van der Waals surface area contributed by atoms with Crippen molar-refractivity contribution in [1.82, 2.24) is 0 Å². The number of nitro benzene ring substituents is 1. The highest BCUT2D eigenvalue weighted by Gasteiger charge is 2.42. The number of nitro groups is 1. The minimum absolute atomic E-state index is 0.0899. The maximum Gasteiger partial charge on any atom is 0.294 e. The van der Waals surface area contributed by atoms with E-state index in [1.165, 1.54) is 12.1 Å². The van der Waals surface area contributed by atoms with Gasteiger partial charge in [0.1, 0.15) is 5.69 Å². The molecule has 1 aliphatic heterocycles. The van der Waals surface area contributed by atoms with Crippen molar-refractivity contribution < 1.29 is 10.0 Å². The highest BCUT2D eigenvalue weighted by atomic mass is 35.5. The van der Waals surface area contributed by atoms with E-state index in [2.05, 4.69) is 0 Å². The maximum absolute atomic E-state index is 11.0. The summed E-state index contributed by atoms with van der Waals surface area (Å²) in [6.45, 7) is 2.74. The van der Waals surface area contributed by atoms with Crippen LogP contribution in [0.15, 0.2) is 12.1 Å². The van der Waals surface area contributed by atoms with Crippen LogP contribution in [0.1, 0.15) is 19.8 Å². The van der Waals surface area contributed by atoms with Crippen LogP contribution in [0.25, 0.3) is 0 Å². The van der Waals surface area contributed by atoms with Gasteiger partial charge in [0.15, 0.2) is 0 Å². The quantitative estimate of drug-likeness (QED) is 0.685. The Morgan fingerprint density at radius 2 is 2.00 bits per heavy atom. The molecule has 1 aromatic carbocycles. The molecule has 0 aliphatic carbocycles. The van der Waals surface area contributed by atoms with E-state index in [1.54, 1.807) is 4.90 Å². The van der Waals surface area contributed by atoms with Gasteiger partial charge in [-0.2, -0.15) is 0 Å². The molecule has 104 valence electrons. The normalized spacial score (nSPS) is 17.2. The summed E-state index contributed by atoms with van der Waals surface area (Å²) in [7, 11) is 0. The second-order valence-electron chi connectivity index (χ2n) is 4.84. The van der Waals surface area contributed by atoms with Gasteiger partial charge in [0.05, 0.1) is 20.6 Å². The summed E-state index contributed by atoms with van der Waals surface area (Å²) in [6.07, 6.45) is 1.55. The summed E-state index contributed by atoms with van der Waals surface area (Å²) in [5.74, 6) is 0. The molecule has 1 heterocycles. The van der Waals surface area contributed by atoms with Gasteiger partial charge in [-0.1, -0.05) is 36.5 Å². The summed E-state index contributed by atoms with van der Waals surface area (Å²) in [6, 6.07) is 2.73. The zero-order valence-corrected chi connectivity index (χ0v) is 11.9. The van der Waals surface area contributed by atoms with E-state index >= 15 is 0 Å². The molecule has 0 aromatic heterocycles. The molecule has 0 atom stereocenters. The van der Waals surface area contributed by atoms with Crippen molar-refractivity contribution in [2.75, 3.05) is 18.0 Å². The third kappa shape index (κ3) is 2.78. The van der Waals surface area contributed by atoms with E-state index < -0.39 is 10.5 Å². The molecular weight excluding hydrogens is 291 g/mol. The third-order valence-corrected chi connectivity index (χ3v) is 3.96. The molecule has 0 radical (unpaired) electrons. The SMILES string of the molecule is CCCC1(O)CN(c2cc(Cl)c(Cl)cc2[N+](=O)[O-])C1. The number of aliphatic hydroxyl groups is 1. The lowest BCUT2D eigenvalue weighted by atomic mass is 9.88. The number of rotatable bonds is 4. The molecule has 1 N–H and O–H groups in total. The van der Waals surface area contributed by atoms with Crippen LogP contribution in [0.2, 0.25) is 10.0 Å². The lowest BCUT2D eigenvalue weighted by molar-refractivity contribution is -0.384. The third-order valence-electron chi connectivity index (χ3n) is 3.24. The van der Waals surface area contributed by atoms with Gasteiger partial charge in [-0.05, 0) is 12.5 Å². The van der Waals surface area contributed by atoms with Crippen LogP contribution in [-0.2, 0) is 0 Å². The smallest absolute Gasteiger partial charge is 0.294 e. The van der Waals surface area contributed by atoms with E-state index in [0.29, 0.717) is 25.2 Å². The average molecular weight is 305 g/mol. The summed E-state index contributed by atoms with van der Waals surface area (Å²) >= 11 is 11.7. The monoisotopic (exact) mass is 304 g/mol. The van der Waals surface area contributed by atoms with Crippen LogP contribution in [0.4, 0.5) is 11.4 Å². The van der Waals surface area contributed by atoms with E-state index in [1.807, 2.05) is 6.92 Å². The average Bonchev–Trinajstić information content (AvgIpc) is 2.29. The number of nitrogens with zero attached hydrogens (tertiary/aromatic N) is 2. The fourth-order valence-electron chi connectivity index (χ4n) is 2.38. The first kappa shape index (κ1) is 14.4. The summed E-state index contributed by atoms with van der Waals surface area (Å²) in [4.78, 5) is 12.3. The van der Waals surface area contributed by atoms with Crippen LogP contribution in [0, 0.1) is 10.1 Å². The van der Waals surface area contributed by atoms with Gasteiger partial charge in [-0.25, -0.2) is 0 Å². The second kappa shape index (κ2) is 5.15. The first-order valence-electron chi connectivity index (χ1n) is 5.97. The highest BCUT2D eigenvalue weighted by Crippen LogP contribution is 2.40. The van der Waals surface area contributed by atoms with Gasteiger partial charge in [-0.15, -0.1) is 0 Å². The number of halogens is 2. The Labute approximate surface area is 120 Å². The van der Waals surface area contributed by atoms with Crippen LogP contribution in [0.3, 0.4) is 0 Å². The van der Waals surface area contributed by atoms with E-state index in [9.17, 15) is 15.2 Å². The summed E-state index contributed by atoms with van der Waals surface area (Å²) in [5.41, 5.74) is -0.442. The second-order valence-corrected chi connectivity index (χ2v) is 5.66. The van der Waals surface area contributed by atoms with Gasteiger partial charge in [0, 0.05) is 19.2 Å². The number of hydrogen-bond acceptors (Lipinski definition) is 4. The van der Waals surface area contributed by atoms with Crippen LogP contribution < -0.4 is 4.90 Å². The first-order valence-corrected chi connectivity index (χ1v) is 6.72. The predicted octanol–water partition coefficient (Wildman–Crippen LogP) is 3.25. The van der Waals surface area contributed by atoms with Gasteiger partial charge in [0.25, 0.3) is 5.69 Å². The Morgan fingerprint density at radius 1 is 1.42 bits per heavy atom. The van der Waals surface area contributed by atoms with Gasteiger partial charge < -0.3 is 10.0 Å². The number of hydrogen-bond donors (Lipinski definition) is 1. The molecule has 1 aliphatic rings. The minimum Gasteiger partial charge on any atom is -0.386 e. The molecule has 19 heavy (non-hydrogen) atoms. The Kier molecular flexibility index (Phi) is 3.90. The largest absolute Gasteiger partial charge is 0.386 e. The van der Waals surface area contributed by atoms with Crippen LogP contribution in [-0.4, -0.2) is 28.7 Å². The van der Waals surface area contributed by atoms with Crippen LogP contribution >= 0.6 is 23.2 Å². The summed E-state index contributed by atoms with van der Waals surface area (Å²) in [5, 5.41) is 21.6. The molecule has 0 amide bonds. The molecule has 5 nitrogen and oxygen atoms in total. The first-order chi connectivity index (χ1) is 8.86. The topological polar surface area (TPSA) is 66.6 Å². The van der Waals surface area contributed by atoms with Gasteiger partial charge >= 0.3 is 0 Å². The molecule has 1 fully saturated rings. The number of β-amino-alcohol motifs (C(OH)–C–C–N with tert-alkyl or cyclic N) is 1. The van der Waals surface area contributed by atoms with Gasteiger partial charge in [0.2, 0.25) is 0 Å². The van der Waals surface area contributed by atoms with Crippen molar-refractivity contribution in [2.45, 2.75) is 25.4 Å². The zero-order chi connectivity index (χ0) is 14.2.